The number of rotatable bonds is 5. The van der Waals surface area contributed by atoms with Crippen molar-refractivity contribution in [1.82, 2.24) is 0 Å². The van der Waals surface area contributed by atoms with Crippen molar-refractivity contribution in [2.75, 3.05) is 0 Å². The van der Waals surface area contributed by atoms with Crippen molar-refractivity contribution in [3.8, 4) is 0 Å². The summed E-state index contributed by atoms with van der Waals surface area (Å²) >= 11 is 0. The Labute approximate surface area is 98.3 Å². The van der Waals surface area contributed by atoms with Crippen LogP contribution in [0.1, 0.15) is 41.1 Å². The quantitative estimate of drug-likeness (QED) is 0.799. The van der Waals surface area contributed by atoms with Crippen LogP contribution in [0.15, 0.2) is 18.2 Å². The fraction of sp³-hybridized carbons (Fsp3) is 0.385. The van der Waals surface area contributed by atoms with Gasteiger partial charge >= 0.3 is 5.97 Å². The maximum Gasteiger partial charge on any atom is 0.303 e. The molecule has 0 radical (unpaired) electrons. The summed E-state index contributed by atoms with van der Waals surface area (Å²) in [5, 5.41) is 8.87. The second kappa shape index (κ2) is 4.65. The van der Waals surface area contributed by atoms with Crippen LogP contribution in [0.3, 0.4) is 0 Å². The molecule has 0 amide bonds. The highest BCUT2D eigenvalue weighted by atomic mass is 19.1. The van der Waals surface area contributed by atoms with E-state index in [9.17, 15) is 14.0 Å². The molecule has 1 aromatic rings. The summed E-state index contributed by atoms with van der Waals surface area (Å²) in [6, 6.07) is 3.92. The maximum absolute atomic E-state index is 13.2. The van der Waals surface area contributed by atoms with Crippen LogP contribution in [0.2, 0.25) is 0 Å². The van der Waals surface area contributed by atoms with E-state index >= 15 is 0 Å². The maximum atomic E-state index is 13.2. The Kier molecular flexibility index (Phi) is 3.22. The van der Waals surface area contributed by atoms with Crippen LogP contribution in [0.25, 0.3) is 0 Å². The van der Waals surface area contributed by atoms with Crippen LogP contribution in [0.5, 0.6) is 0 Å². The molecule has 1 saturated carbocycles. The Hall–Kier alpha value is -1.71. The molecule has 90 valence electrons. The fourth-order valence-electron chi connectivity index (χ4n) is 2.19. The van der Waals surface area contributed by atoms with Gasteiger partial charge in [0.1, 0.15) is 12.1 Å². The molecule has 4 heteroatoms. The van der Waals surface area contributed by atoms with Crippen molar-refractivity contribution in [3.05, 3.63) is 35.1 Å². The molecule has 0 aromatic heterocycles. The summed E-state index contributed by atoms with van der Waals surface area (Å²) in [5.41, 5.74) is 0.925. The summed E-state index contributed by atoms with van der Waals surface area (Å²) in [5.74, 6) is -1.32. The van der Waals surface area contributed by atoms with Crippen molar-refractivity contribution in [2.24, 2.45) is 5.92 Å². The third-order valence-corrected chi connectivity index (χ3v) is 3.16. The summed E-state index contributed by atoms with van der Waals surface area (Å²) in [7, 11) is 0. The molecular weight excluding hydrogens is 223 g/mol. The highest BCUT2D eigenvalue weighted by Gasteiger charge is 2.35. The standard InChI is InChI=1S/C13H13FO3/c14-10-4-3-9(7-15)11(5-10)12(6-13(16)17)8-1-2-8/h3-5,7-8,12H,1-2,6H2,(H,16,17). The van der Waals surface area contributed by atoms with E-state index in [0.717, 1.165) is 12.8 Å². The summed E-state index contributed by atoms with van der Waals surface area (Å²) in [4.78, 5) is 21.7. The zero-order valence-corrected chi connectivity index (χ0v) is 9.23. The van der Waals surface area contributed by atoms with Gasteiger partial charge in [0.25, 0.3) is 0 Å². The minimum Gasteiger partial charge on any atom is -0.481 e. The molecule has 0 aliphatic heterocycles. The Morgan fingerprint density at radius 1 is 1.53 bits per heavy atom. The first kappa shape index (κ1) is 11.8. The molecule has 1 aromatic carbocycles. The van der Waals surface area contributed by atoms with Gasteiger partial charge in [-0.25, -0.2) is 4.39 Å². The molecule has 1 aliphatic rings. The molecule has 0 bridgehead atoms. The van der Waals surface area contributed by atoms with Crippen molar-refractivity contribution >= 4 is 12.3 Å². The summed E-state index contributed by atoms with van der Waals surface area (Å²) in [6.07, 6.45) is 2.51. The van der Waals surface area contributed by atoms with Crippen molar-refractivity contribution in [2.45, 2.75) is 25.2 Å². The average molecular weight is 236 g/mol. The van der Waals surface area contributed by atoms with Crippen molar-refractivity contribution in [3.63, 3.8) is 0 Å². The first-order chi connectivity index (χ1) is 8.11. The molecule has 0 heterocycles. The molecule has 17 heavy (non-hydrogen) atoms. The topological polar surface area (TPSA) is 54.4 Å². The molecule has 1 aliphatic carbocycles. The predicted octanol–water partition coefficient (Wildman–Crippen LogP) is 2.61. The van der Waals surface area contributed by atoms with Crippen molar-refractivity contribution in [1.29, 1.82) is 0 Å². The molecular formula is C13H13FO3. The van der Waals surface area contributed by atoms with Gasteiger partial charge in [-0.2, -0.15) is 0 Å². The van der Waals surface area contributed by atoms with Gasteiger partial charge in [0, 0.05) is 5.56 Å². The van der Waals surface area contributed by atoms with Gasteiger partial charge in [-0.15, -0.1) is 0 Å². The molecule has 1 unspecified atom stereocenters. The number of hydrogen-bond acceptors (Lipinski definition) is 2. The largest absolute Gasteiger partial charge is 0.481 e. The van der Waals surface area contributed by atoms with Crippen LogP contribution in [0, 0.1) is 11.7 Å². The van der Waals surface area contributed by atoms with Crippen LogP contribution < -0.4 is 0 Å². The molecule has 0 saturated heterocycles. The lowest BCUT2D eigenvalue weighted by Crippen LogP contribution is -2.11. The zero-order valence-electron chi connectivity index (χ0n) is 9.23. The van der Waals surface area contributed by atoms with E-state index in [1.807, 2.05) is 0 Å². The van der Waals surface area contributed by atoms with Crippen LogP contribution in [-0.2, 0) is 4.79 Å². The van der Waals surface area contributed by atoms with Gasteiger partial charge in [-0.05, 0) is 48.4 Å². The minimum atomic E-state index is -0.914. The second-order valence-corrected chi connectivity index (χ2v) is 4.43. The average Bonchev–Trinajstić information content (AvgIpc) is 3.09. The van der Waals surface area contributed by atoms with E-state index in [4.69, 9.17) is 5.11 Å². The third kappa shape index (κ3) is 2.70. The monoisotopic (exact) mass is 236 g/mol. The van der Waals surface area contributed by atoms with E-state index < -0.39 is 11.8 Å². The number of hydrogen-bond donors (Lipinski definition) is 1. The van der Waals surface area contributed by atoms with E-state index in [1.54, 1.807) is 0 Å². The number of aldehydes is 1. The van der Waals surface area contributed by atoms with Gasteiger partial charge in [0.05, 0.1) is 6.42 Å². The van der Waals surface area contributed by atoms with Gasteiger partial charge in [0.15, 0.2) is 0 Å². The summed E-state index contributed by atoms with van der Waals surface area (Å²) in [6.45, 7) is 0. The number of aliphatic carboxylic acids is 1. The van der Waals surface area contributed by atoms with Gasteiger partial charge in [0.2, 0.25) is 0 Å². The number of carbonyl (C=O) groups is 2. The number of carbonyl (C=O) groups excluding carboxylic acids is 1. The number of carboxylic acids is 1. The normalized spacial score (nSPS) is 16.5. The van der Waals surface area contributed by atoms with Gasteiger partial charge < -0.3 is 5.11 Å². The predicted molar refractivity (Wildman–Crippen MR) is 59.5 cm³/mol. The number of carboxylic acid groups (broad SMARTS) is 1. The first-order valence-electron chi connectivity index (χ1n) is 5.58. The highest BCUT2D eigenvalue weighted by Crippen LogP contribution is 2.45. The molecule has 3 nitrogen and oxygen atoms in total. The van der Waals surface area contributed by atoms with E-state index in [0.29, 0.717) is 17.4 Å². The molecule has 1 atom stereocenters. The highest BCUT2D eigenvalue weighted by molar-refractivity contribution is 5.78. The van der Waals surface area contributed by atoms with Crippen LogP contribution >= 0.6 is 0 Å². The van der Waals surface area contributed by atoms with Gasteiger partial charge in [-0.1, -0.05) is 0 Å². The zero-order chi connectivity index (χ0) is 12.4. The molecule has 2 rings (SSSR count). The number of halogens is 1. The van der Waals surface area contributed by atoms with E-state index in [-0.39, 0.29) is 18.3 Å². The Morgan fingerprint density at radius 2 is 2.24 bits per heavy atom. The second-order valence-electron chi connectivity index (χ2n) is 4.43. The summed E-state index contributed by atoms with van der Waals surface area (Å²) < 4.78 is 13.2. The Bertz CT molecular complexity index is 452. The third-order valence-electron chi connectivity index (χ3n) is 3.16. The molecule has 1 fully saturated rings. The van der Waals surface area contributed by atoms with Crippen molar-refractivity contribution < 1.29 is 19.1 Å². The van der Waals surface area contributed by atoms with Crippen LogP contribution in [-0.4, -0.2) is 17.4 Å². The lowest BCUT2D eigenvalue weighted by atomic mass is 9.88. The number of benzene rings is 1. The molecule has 0 spiro atoms. The first-order valence-corrected chi connectivity index (χ1v) is 5.58. The smallest absolute Gasteiger partial charge is 0.303 e. The Morgan fingerprint density at radius 3 is 2.76 bits per heavy atom. The minimum absolute atomic E-state index is 0.0467. The lowest BCUT2D eigenvalue weighted by Gasteiger charge is -2.16. The Balaban J connectivity index is 2.36. The van der Waals surface area contributed by atoms with E-state index in [2.05, 4.69) is 0 Å². The van der Waals surface area contributed by atoms with E-state index in [1.165, 1.54) is 18.2 Å². The SMILES string of the molecule is O=Cc1ccc(F)cc1C(CC(=O)O)C1CC1. The van der Waals surface area contributed by atoms with Gasteiger partial charge in [-0.3, -0.25) is 9.59 Å². The molecule has 1 N–H and O–H groups in total. The van der Waals surface area contributed by atoms with Crippen LogP contribution in [0.4, 0.5) is 4.39 Å². The lowest BCUT2D eigenvalue weighted by molar-refractivity contribution is -0.137. The fourth-order valence-corrected chi connectivity index (χ4v) is 2.19.